The van der Waals surface area contributed by atoms with E-state index >= 15 is 0 Å². The first-order chi connectivity index (χ1) is 9.61. The highest BCUT2D eigenvalue weighted by molar-refractivity contribution is 5.76. The molecule has 0 bridgehead atoms. The third-order valence-corrected chi connectivity index (χ3v) is 3.81. The minimum absolute atomic E-state index is 0.0524. The van der Waals surface area contributed by atoms with Crippen molar-refractivity contribution in [1.82, 2.24) is 10.2 Å². The van der Waals surface area contributed by atoms with Gasteiger partial charge in [-0.2, -0.15) is 0 Å². The third-order valence-electron chi connectivity index (χ3n) is 3.81. The Balaban J connectivity index is 2.25. The minimum atomic E-state index is -0.250. The molecule has 1 aliphatic heterocycles. The lowest BCUT2D eigenvalue weighted by molar-refractivity contribution is -0.120. The largest absolute Gasteiger partial charge is 0.355 e. The summed E-state index contributed by atoms with van der Waals surface area (Å²) in [4.78, 5) is 13.6. The van der Waals surface area contributed by atoms with Crippen LogP contribution in [0.15, 0.2) is 24.3 Å². The fourth-order valence-corrected chi connectivity index (χ4v) is 2.71. The molecule has 1 aliphatic rings. The summed E-state index contributed by atoms with van der Waals surface area (Å²) in [5, 5.41) is 2.85. The Morgan fingerprint density at radius 3 is 2.95 bits per heavy atom. The van der Waals surface area contributed by atoms with E-state index in [1.165, 1.54) is 6.07 Å². The van der Waals surface area contributed by atoms with Gasteiger partial charge in [-0.05, 0) is 24.1 Å². The summed E-state index contributed by atoms with van der Waals surface area (Å²) in [6.07, 6.45) is 1.27. The van der Waals surface area contributed by atoms with Crippen LogP contribution in [0.3, 0.4) is 0 Å². The van der Waals surface area contributed by atoms with Crippen LogP contribution in [-0.2, 0) is 4.79 Å². The fourth-order valence-electron chi connectivity index (χ4n) is 2.71. The molecular weight excluding hydrogens is 257 g/mol. The van der Waals surface area contributed by atoms with E-state index in [4.69, 9.17) is 5.73 Å². The van der Waals surface area contributed by atoms with Gasteiger partial charge in [-0.25, -0.2) is 4.39 Å². The second-order valence-electron chi connectivity index (χ2n) is 5.21. The van der Waals surface area contributed by atoms with Gasteiger partial charge in [0.15, 0.2) is 0 Å². The summed E-state index contributed by atoms with van der Waals surface area (Å²) in [7, 11) is 0. The standard InChI is InChI=1S/C15H22FN3O/c1-2-13(17)15(11-4-3-5-12(16)10-11)19-8-6-14(20)18-7-9-19/h3-5,10,13,15H,2,6-9,17H2,1H3,(H,18,20). The molecule has 3 N–H and O–H groups in total. The van der Waals surface area contributed by atoms with Gasteiger partial charge < -0.3 is 11.1 Å². The first-order valence-corrected chi connectivity index (χ1v) is 7.13. The van der Waals surface area contributed by atoms with Crippen molar-refractivity contribution in [2.45, 2.75) is 31.8 Å². The van der Waals surface area contributed by atoms with E-state index in [1.807, 2.05) is 13.0 Å². The van der Waals surface area contributed by atoms with Gasteiger partial charge in [0.2, 0.25) is 5.91 Å². The van der Waals surface area contributed by atoms with Crippen molar-refractivity contribution in [1.29, 1.82) is 0 Å². The van der Waals surface area contributed by atoms with E-state index in [0.29, 0.717) is 19.5 Å². The molecule has 0 spiro atoms. The highest BCUT2D eigenvalue weighted by Gasteiger charge is 2.27. The third kappa shape index (κ3) is 3.55. The molecule has 0 radical (unpaired) electrons. The van der Waals surface area contributed by atoms with Crippen molar-refractivity contribution in [3.8, 4) is 0 Å². The molecule has 2 atom stereocenters. The van der Waals surface area contributed by atoms with E-state index in [-0.39, 0.29) is 23.8 Å². The molecule has 5 heteroatoms. The van der Waals surface area contributed by atoms with Gasteiger partial charge in [-0.1, -0.05) is 19.1 Å². The van der Waals surface area contributed by atoms with Crippen LogP contribution in [0.5, 0.6) is 0 Å². The van der Waals surface area contributed by atoms with Crippen LogP contribution >= 0.6 is 0 Å². The second-order valence-corrected chi connectivity index (χ2v) is 5.21. The highest BCUT2D eigenvalue weighted by Crippen LogP contribution is 2.26. The number of rotatable bonds is 4. The first kappa shape index (κ1) is 14.9. The Labute approximate surface area is 119 Å². The lowest BCUT2D eigenvalue weighted by atomic mass is 9.96. The quantitative estimate of drug-likeness (QED) is 0.876. The molecule has 1 aromatic rings. The molecule has 20 heavy (non-hydrogen) atoms. The number of benzene rings is 1. The Morgan fingerprint density at radius 2 is 2.25 bits per heavy atom. The zero-order valence-corrected chi connectivity index (χ0v) is 11.8. The van der Waals surface area contributed by atoms with Gasteiger partial charge >= 0.3 is 0 Å². The molecule has 0 saturated carbocycles. The number of amides is 1. The molecule has 0 aromatic heterocycles. The number of nitrogens with one attached hydrogen (secondary N) is 1. The highest BCUT2D eigenvalue weighted by atomic mass is 19.1. The molecule has 1 fully saturated rings. The van der Waals surface area contributed by atoms with Crippen molar-refractivity contribution >= 4 is 5.91 Å². The van der Waals surface area contributed by atoms with Gasteiger partial charge in [0.25, 0.3) is 0 Å². The van der Waals surface area contributed by atoms with Crippen molar-refractivity contribution < 1.29 is 9.18 Å². The predicted octanol–water partition coefficient (Wildman–Crippen LogP) is 1.43. The van der Waals surface area contributed by atoms with E-state index in [1.54, 1.807) is 12.1 Å². The number of hydrogen-bond donors (Lipinski definition) is 2. The number of halogens is 1. The van der Waals surface area contributed by atoms with Crippen molar-refractivity contribution in [3.05, 3.63) is 35.6 Å². The Hall–Kier alpha value is -1.46. The summed E-state index contributed by atoms with van der Waals surface area (Å²) >= 11 is 0. The van der Waals surface area contributed by atoms with Crippen LogP contribution < -0.4 is 11.1 Å². The maximum atomic E-state index is 13.5. The molecule has 4 nitrogen and oxygen atoms in total. The van der Waals surface area contributed by atoms with E-state index in [2.05, 4.69) is 10.2 Å². The van der Waals surface area contributed by atoms with E-state index in [9.17, 15) is 9.18 Å². The average molecular weight is 279 g/mol. The molecule has 2 rings (SSSR count). The summed E-state index contributed by atoms with van der Waals surface area (Å²) < 4.78 is 13.5. The molecule has 2 unspecified atom stereocenters. The second kappa shape index (κ2) is 6.81. The Bertz CT molecular complexity index is 466. The first-order valence-electron chi connectivity index (χ1n) is 7.13. The van der Waals surface area contributed by atoms with Gasteiger partial charge in [-0.3, -0.25) is 9.69 Å². The van der Waals surface area contributed by atoms with Crippen LogP contribution in [0, 0.1) is 5.82 Å². The zero-order valence-electron chi connectivity index (χ0n) is 11.8. The number of nitrogens with two attached hydrogens (primary N) is 1. The molecule has 1 heterocycles. The summed E-state index contributed by atoms with van der Waals surface area (Å²) in [6.45, 7) is 4.03. The maximum absolute atomic E-state index is 13.5. The van der Waals surface area contributed by atoms with Crippen LogP contribution in [-0.4, -0.2) is 36.5 Å². The topological polar surface area (TPSA) is 58.4 Å². The van der Waals surface area contributed by atoms with Crippen molar-refractivity contribution in [3.63, 3.8) is 0 Å². The molecule has 110 valence electrons. The number of carbonyl (C=O) groups is 1. The van der Waals surface area contributed by atoms with Crippen molar-refractivity contribution in [2.24, 2.45) is 5.73 Å². The summed E-state index contributed by atoms with van der Waals surface area (Å²) in [5.74, 6) is -0.185. The molecule has 1 amide bonds. The van der Waals surface area contributed by atoms with Gasteiger partial charge in [0, 0.05) is 32.1 Å². The van der Waals surface area contributed by atoms with E-state index < -0.39 is 0 Å². The molecular formula is C15H22FN3O. The van der Waals surface area contributed by atoms with Crippen LogP contribution in [0.4, 0.5) is 4.39 Å². The normalized spacial score (nSPS) is 20.1. The van der Waals surface area contributed by atoms with Gasteiger partial charge in [0.1, 0.15) is 5.82 Å². The van der Waals surface area contributed by atoms with Gasteiger partial charge in [-0.15, -0.1) is 0 Å². The van der Waals surface area contributed by atoms with Gasteiger partial charge in [0.05, 0.1) is 6.04 Å². The molecule has 1 aromatic carbocycles. The van der Waals surface area contributed by atoms with Crippen molar-refractivity contribution in [2.75, 3.05) is 19.6 Å². The average Bonchev–Trinajstić information content (AvgIpc) is 2.64. The summed E-state index contributed by atoms with van der Waals surface area (Å²) in [6, 6.07) is 6.46. The lowest BCUT2D eigenvalue weighted by Gasteiger charge is -2.34. The lowest BCUT2D eigenvalue weighted by Crippen LogP contribution is -2.42. The minimum Gasteiger partial charge on any atom is -0.355 e. The smallest absolute Gasteiger partial charge is 0.221 e. The molecule has 1 saturated heterocycles. The monoisotopic (exact) mass is 279 g/mol. The maximum Gasteiger partial charge on any atom is 0.221 e. The number of hydrogen-bond acceptors (Lipinski definition) is 3. The van der Waals surface area contributed by atoms with Crippen LogP contribution in [0.2, 0.25) is 0 Å². The van der Waals surface area contributed by atoms with Crippen LogP contribution in [0.25, 0.3) is 0 Å². The van der Waals surface area contributed by atoms with E-state index in [0.717, 1.165) is 18.5 Å². The SMILES string of the molecule is CCC(N)C(c1cccc(F)c1)N1CCNC(=O)CC1. The Morgan fingerprint density at radius 1 is 1.45 bits per heavy atom. The number of carbonyl (C=O) groups excluding carboxylic acids is 1. The van der Waals surface area contributed by atoms with Crippen LogP contribution in [0.1, 0.15) is 31.4 Å². The summed E-state index contributed by atoms with van der Waals surface area (Å²) in [5.41, 5.74) is 7.13. The Kier molecular flexibility index (Phi) is 5.09. The predicted molar refractivity (Wildman–Crippen MR) is 76.6 cm³/mol. The fraction of sp³-hybridized carbons (Fsp3) is 0.533. The molecule has 0 aliphatic carbocycles. The zero-order chi connectivity index (χ0) is 14.5. The number of nitrogens with zero attached hydrogens (tertiary/aromatic N) is 1.